The van der Waals surface area contributed by atoms with Crippen LogP contribution in [0.5, 0.6) is 0 Å². The third-order valence-electron chi connectivity index (χ3n) is 3.50. The highest BCUT2D eigenvalue weighted by molar-refractivity contribution is 6.11. The molecule has 0 aliphatic heterocycles. The highest BCUT2D eigenvalue weighted by Gasteiger charge is 2.05. The van der Waals surface area contributed by atoms with Gasteiger partial charge in [-0.2, -0.15) is 5.10 Å². The van der Waals surface area contributed by atoms with Gasteiger partial charge in [0.1, 0.15) is 0 Å². The van der Waals surface area contributed by atoms with E-state index in [1.165, 1.54) is 6.20 Å². The van der Waals surface area contributed by atoms with Gasteiger partial charge in [0.15, 0.2) is 0 Å². The summed E-state index contributed by atoms with van der Waals surface area (Å²) in [5.74, 6) is -0.297. The Morgan fingerprint density at radius 3 is 2.24 bits per heavy atom. The van der Waals surface area contributed by atoms with Crippen LogP contribution in [0.2, 0.25) is 0 Å². The van der Waals surface area contributed by atoms with Crippen molar-refractivity contribution in [1.82, 2.24) is 10.4 Å². The van der Waals surface area contributed by atoms with Gasteiger partial charge in [0, 0.05) is 18.0 Å². The van der Waals surface area contributed by atoms with E-state index in [0.29, 0.717) is 11.3 Å². The lowest BCUT2D eigenvalue weighted by Crippen LogP contribution is -2.19. The lowest BCUT2D eigenvalue weighted by molar-refractivity contribution is 0.0954. The van der Waals surface area contributed by atoms with E-state index >= 15 is 0 Å². The Balaban J connectivity index is 1.84. The van der Waals surface area contributed by atoms with Crippen LogP contribution in [0.25, 0.3) is 6.08 Å². The number of hydrazone groups is 1. The van der Waals surface area contributed by atoms with Gasteiger partial charge in [-0.25, -0.2) is 5.43 Å². The first-order valence-electron chi connectivity index (χ1n) is 7.89. The SMILES string of the molecule is O=C(NN=C(C=Cc1ccccc1)c1ccccc1)c1cccnc1. The summed E-state index contributed by atoms with van der Waals surface area (Å²) < 4.78 is 0. The molecule has 0 radical (unpaired) electrons. The van der Waals surface area contributed by atoms with Gasteiger partial charge in [-0.15, -0.1) is 0 Å². The van der Waals surface area contributed by atoms with Gasteiger partial charge >= 0.3 is 0 Å². The summed E-state index contributed by atoms with van der Waals surface area (Å²) in [5, 5.41) is 4.29. The van der Waals surface area contributed by atoms with Crippen molar-refractivity contribution in [3.8, 4) is 0 Å². The molecule has 0 fully saturated rings. The molecule has 1 N–H and O–H groups in total. The van der Waals surface area contributed by atoms with Crippen molar-refractivity contribution >= 4 is 17.7 Å². The van der Waals surface area contributed by atoms with Crippen molar-refractivity contribution in [1.29, 1.82) is 0 Å². The van der Waals surface area contributed by atoms with Crippen LogP contribution in [0.3, 0.4) is 0 Å². The molecule has 0 saturated heterocycles. The molecule has 122 valence electrons. The number of nitrogens with zero attached hydrogens (tertiary/aromatic N) is 2. The second-order valence-corrected chi connectivity index (χ2v) is 5.29. The number of rotatable bonds is 5. The van der Waals surface area contributed by atoms with Crippen LogP contribution < -0.4 is 5.43 Å². The summed E-state index contributed by atoms with van der Waals surface area (Å²) in [6.07, 6.45) is 6.97. The number of pyridine rings is 1. The van der Waals surface area contributed by atoms with Crippen molar-refractivity contribution in [3.05, 3.63) is 108 Å². The quantitative estimate of drug-likeness (QED) is 0.570. The number of nitrogens with one attached hydrogen (secondary N) is 1. The monoisotopic (exact) mass is 327 g/mol. The van der Waals surface area contributed by atoms with Crippen LogP contribution in [0.1, 0.15) is 21.5 Å². The van der Waals surface area contributed by atoms with Crippen molar-refractivity contribution in [2.24, 2.45) is 5.10 Å². The number of allylic oxidation sites excluding steroid dienone is 1. The number of hydrogen-bond donors (Lipinski definition) is 1. The maximum Gasteiger partial charge on any atom is 0.272 e. The van der Waals surface area contributed by atoms with E-state index in [9.17, 15) is 4.79 Å². The van der Waals surface area contributed by atoms with E-state index in [1.807, 2.05) is 72.8 Å². The molecule has 2 aromatic carbocycles. The summed E-state index contributed by atoms with van der Waals surface area (Å²) in [6, 6.07) is 23.1. The molecular weight excluding hydrogens is 310 g/mol. The van der Waals surface area contributed by atoms with Crippen LogP contribution in [0.4, 0.5) is 0 Å². The maximum absolute atomic E-state index is 12.2. The highest BCUT2D eigenvalue weighted by atomic mass is 16.2. The molecule has 4 heteroatoms. The van der Waals surface area contributed by atoms with Crippen LogP contribution >= 0.6 is 0 Å². The van der Waals surface area contributed by atoms with Gasteiger partial charge in [-0.3, -0.25) is 9.78 Å². The highest BCUT2D eigenvalue weighted by Crippen LogP contribution is 2.07. The molecule has 0 aliphatic rings. The molecule has 0 unspecified atom stereocenters. The van der Waals surface area contributed by atoms with Gasteiger partial charge in [-0.05, 0) is 23.8 Å². The molecule has 0 spiro atoms. The van der Waals surface area contributed by atoms with Crippen LogP contribution in [0.15, 0.2) is 96.4 Å². The zero-order valence-corrected chi connectivity index (χ0v) is 13.5. The van der Waals surface area contributed by atoms with Gasteiger partial charge in [-0.1, -0.05) is 66.7 Å². The number of amides is 1. The van der Waals surface area contributed by atoms with E-state index in [4.69, 9.17) is 0 Å². The zero-order chi connectivity index (χ0) is 17.3. The first kappa shape index (κ1) is 16.3. The Kier molecular flexibility index (Phi) is 5.46. The van der Waals surface area contributed by atoms with E-state index in [1.54, 1.807) is 18.3 Å². The zero-order valence-electron chi connectivity index (χ0n) is 13.5. The Bertz CT molecular complexity index is 873. The summed E-state index contributed by atoms with van der Waals surface area (Å²) >= 11 is 0. The van der Waals surface area contributed by atoms with Crippen LogP contribution in [-0.4, -0.2) is 16.6 Å². The number of hydrogen-bond acceptors (Lipinski definition) is 3. The summed E-state index contributed by atoms with van der Waals surface area (Å²) in [5.41, 5.74) is 5.70. The number of aromatic nitrogens is 1. The molecule has 3 aromatic rings. The van der Waals surface area contributed by atoms with E-state index in [0.717, 1.165) is 11.1 Å². The normalized spacial score (nSPS) is 11.4. The Morgan fingerprint density at radius 1 is 0.880 bits per heavy atom. The predicted octanol–water partition coefficient (Wildman–Crippen LogP) is 3.93. The standard InChI is InChI=1S/C21H17N3O/c25-21(19-12-7-15-22-16-19)24-23-20(18-10-5-2-6-11-18)14-13-17-8-3-1-4-9-17/h1-16H,(H,24,25). The topological polar surface area (TPSA) is 54.4 Å². The Morgan fingerprint density at radius 2 is 1.56 bits per heavy atom. The Hall–Kier alpha value is -3.53. The van der Waals surface area contributed by atoms with Crippen LogP contribution in [0, 0.1) is 0 Å². The molecular formula is C21H17N3O. The molecule has 0 aliphatic carbocycles. The summed E-state index contributed by atoms with van der Waals surface area (Å²) in [7, 11) is 0. The lowest BCUT2D eigenvalue weighted by Gasteiger charge is -2.04. The lowest BCUT2D eigenvalue weighted by atomic mass is 10.1. The first-order valence-corrected chi connectivity index (χ1v) is 7.89. The maximum atomic E-state index is 12.2. The summed E-state index contributed by atoms with van der Waals surface area (Å²) in [6.45, 7) is 0. The second kappa shape index (κ2) is 8.36. The van der Waals surface area contributed by atoms with Crippen molar-refractivity contribution in [2.45, 2.75) is 0 Å². The largest absolute Gasteiger partial charge is 0.272 e. The number of carbonyl (C=O) groups is 1. The third kappa shape index (κ3) is 4.72. The average molecular weight is 327 g/mol. The molecule has 0 atom stereocenters. The van der Waals surface area contributed by atoms with Gasteiger partial charge in [0.05, 0.1) is 11.3 Å². The molecule has 1 aromatic heterocycles. The minimum atomic E-state index is -0.297. The van der Waals surface area contributed by atoms with E-state index < -0.39 is 0 Å². The molecule has 3 rings (SSSR count). The van der Waals surface area contributed by atoms with Crippen molar-refractivity contribution in [3.63, 3.8) is 0 Å². The molecule has 25 heavy (non-hydrogen) atoms. The van der Waals surface area contributed by atoms with E-state index in [2.05, 4.69) is 15.5 Å². The minimum Gasteiger partial charge on any atom is -0.267 e. The predicted molar refractivity (Wildman–Crippen MR) is 100 cm³/mol. The van der Waals surface area contributed by atoms with E-state index in [-0.39, 0.29) is 5.91 Å². The van der Waals surface area contributed by atoms with Crippen molar-refractivity contribution < 1.29 is 4.79 Å². The van der Waals surface area contributed by atoms with Crippen molar-refractivity contribution in [2.75, 3.05) is 0 Å². The van der Waals surface area contributed by atoms with Gasteiger partial charge in [0.2, 0.25) is 0 Å². The average Bonchev–Trinajstić information content (AvgIpc) is 2.70. The number of carbonyl (C=O) groups excluding carboxylic acids is 1. The molecule has 1 amide bonds. The number of benzene rings is 2. The molecule has 4 nitrogen and oxygen atoms in total. The first-order chi connectivity index (χ1) is 12.3. The second-order valence-electron chi connectivity index (χ2n) is 5.29. The fraction of sp³-hybridized carbons (Fsp3) is 0. The van der Waals surface area contributed by atoms with Gasteiger partial charge < -0.3 is 0 Å². The molecule has 1 heterocycles. The van der Waals surface area contributed by atoms with Gasteiger partial charge in [0.25, 0.3) is 5.91 Å². The Labute approximate surface area is 146 Å². The fourth-order valence-electron chi connectivity index (χ4n) is 2.22. The molecule has 0 saturated carbocycles. The summed E-state index contributed by atoms with van der Waals surface area (Å²) in [4.78, 5) is 16.1. The third-order valence-corrected chi connectivity index (χ3v) is 3.50. The molecule has 0 bridgehead atoms. The minimum absolute atomic E-state index is 0.297. The smallest absolute Gasteiger partial charge is 0.267 e. The van der Waals surface area contributed by atoms with Crippen LogP contribution in [-0.2, 0) is 0 Å². The fourth-order valence-corrected chi connectivity index (χ4v) is 2.22.